The summed E-state index contributed by atoms with van der Waals surface area (Å²) in [6, 6.07) is 0. The second-order valence-electron chi connectivity index (χ2n) is 28.9. The van der Waals surface area contributed by atoms with E-state index in [-0.39, 0.29) is 116 Å². The summed E-state index contributed by atoms with van der Waals surface area (Å²) in [5, 5.41) is 57.0. The molecule has 4 aliphatic rings. The lowest BCUT2D eigenvalue weighted by Crippen LogP contribution is -2.61. The predicted molar refractivity (Wildman–Crippen MR) is 293 cm³/mol. The van der Waals surface area contributed by atoms with Gasteiger partial charge in [0.1, 0.15) is 24.4 Å². The number of rotatable bonds is 25. The largest absolute Gasteiger partial charge is 0.466 e. The Morgan fingerprint density at radius 1 is 0.350 bits per heavy atom. The third-order valence-electron chi connectivity index (χ3n) is 17.3. The van der Waals surface area contributed by atoms with Gasteiger partial charge in [-0.3, -0.25) is 28.8 Å². The van der Waals surface area contributed by atoms with Crippen molar-refractivity contribution in [2.24, 2.45) is 10.8 Å². The van der Waals surface area contributed by atoms with Gasteiger partial charge in [0.2, 0.25) is 0 Å². The Morgan fingerprint density at radius 2 is 0.537 bits per heavy atom. The molecule has 4 saturated heterocycles. The van der Waals surface area contributed by atoms with Crippen LogP contribution in [0.4, 0.5) is 0 Å². The van der Waals surface area contributed by atoms with Crippen LogP contribution < -0.4 is 0 Å². The Morgan fingerprint density at radius 3 is 0.725 bits per heavy atom. The zero-order chi connectivity index (χ0) is 60.9. The molecule has 0 bridgehead atoms. The number of nitrogens with zero attached hydrogens (tertiary/aromatic N) is 4. The van der Waals surface area contributed by atoms with Gasteiger partial charge in [0, 0.05) is 95.7 Å². The average molecular weight is 1140 g/mol. The highest BCUT2D eigenvalue weighted by molar-refractivity contribution is 6.01. The van der Waals surface area contributed by atoms with E-state index in [0.29, 0.717) is 25.7 Å². The molecule has 20 nitrogen and oxygen atoms in total. The fourth-order valence-corrected chi connectivity index (χ4v) is 13.7. The van der Waals surface area contributed by atoms with Gasteiger partial charge >= 0.3 is 35.8 Å². The van der Waals surface area contributed by atoms with Gasteiger partial charge in [-0.25, -0.2) is 0 Å². The first-order valence-corrected chi connectivity index (χ1v) is 29.6. The quantitative estimate of drug-likeness (QED) is 0.0357. The third kappa shape index (κ3) is 16.6. The Hall–Kier alpha value is -3.50. The van der Waals surface area contributed by atoms with E-state index < -0.39 is 115 Å². The summed E-state index contributed by atoms with van der Waals surface area (Å²) in [5.74, 6) is -4.55. The van der Waals surface area contributed by atoms with Crippen LogP contribution in [0, 0.1) is 10.8 Å². The molecule has 0 aromatic carbocycles. The summed E-state index contributed by atoms with van der Waals surface area (Å²) in [7, 11) is 0. The Bertz CT molecular complexity index is 1820. The number of piperidine rings is 4. The van der Waals surface area contributed by atoms with E-state index in [1.165, 1.54) is 0 Å². The molecule has 0 unspecified atom stereocenters. The molecule has 4 rings (SSSR count). The van der Waals surface area contributed by atoms with Crippen LogP contribution in [0.15, 0.2) is 0 Å². The van der Waals surface area contributed by atoms with Gasteiger partial charge in [-0.15, -0.1) is 41.1 Å². The van der Waals surface area contributed by atoms with E-state index in [2.05, 4.69) is 0 Å². The minimum atomic E-state index is -1.80. The van der Waals surface area contributed by atoms with Crippen molar-refractivity contribution in [2.45, 2.75) is 322 Å². The average Bonchev–Trinajstić information content (AvgIpc) is 3.31. The minimum Gasteiger partial charge on any atom is -0.466 e. The SMILES string of the molecule is CCCCC(CCCOC(=O)CCC(=O)OCCCC(CCCC)(C(=O)OC1CC(C)(C)N([O])C(C)(C)C1)C(=O)OC1CC(C)(C)N([O])C(C)(C)C1)(C(=O)OC1CC(C)(C)N([O])C(C)(C)C1)C(=O)OC1CC(C)(C)N([O])C(C)(C)C1. The molecule has 4 heterocycles. The number of hydrogen-bond donors (Lipinski definition) is 0. The molecule has 0 spiro atoms. The van der Waals surface area contributed by atoms with Crippen molar-refractivity contribution < 1.29 is 78.0 Å². The fraction of sp³-hybridized carbons (Fsp3) is 0.900. The first-order chi connectivity index (χ1) is 36.6. The lowest BCUT2D eigenvalue weighted by molar-refractivity contribution is -0.301. The zero-order valence-electron chi connectivity index (χ0n) is 52.2. The summed E-state index contributed by atoms with van der Waals surface area (Å²) in [5.41, 5.74) is -10.5. The summed E-state index contributed by atoms with van der Waals surface area (Å²) < 4.78 is 36.0. The van der Waals surface area contributed by atoms with E-state index in [4.69, 9.17) is 28.4 Å². The molecule has 0 aliphatic carbocycles. The maximum Gasteiger partial charge on any atom is 0.323 e. The van der Waals surface area contributed by atoms with Crippen molar-refractivity contribution in [2.75, 3.05) is 13.2 Å². The van der Waals surface area contributed by atoms with Crippen LogP contribution in [-0.4, -0.2) is 138 Å². The predicted octanol–water partition coefficient (Wildman–Crippen LogP) is 10.4. The molecular weight excluding hydrogens is 1030 g/mol. The van der Waals surface area contributed by atoms with Crippen molar-refractivity contribution in [3.63, 3.8) is 0 Å². The van der Waals surface area contributed by atoms with Gasteiger partial charge in [0.15, 0.2) is 10.8 Å². The number of esters is 6. The van der Waals surface area contributed by atoms with Gasteiger partial charge in [-0.2, -0.15) is 0 Å². The second-order valence-corrected chi connectivity index (χ2v) is 28.9. The van der Waals surface area contributed by atoms with Crippen molar-refractivity contribution in [3.8, 4) is 0 Å². The fourth-order valence-electron chi connectivity index (χ4n) is 13.7. The Balaban J connectivity index is 1.45. The van der Waals surface area contributed by atoms with E-state index >= 15 is 0 Å². The van der Waals surface area contributed by atoms with E-state index in [0.717, 1.165) is 20.3 Å². The van der Waals surface area contributed by atoms with Crippen molar-refractivity contribution in [1.29, 1.82) is 0 Å². The summed E-state index contributed by atoms with van der Waals surface area (Å²) >= 11 is 0. The number of unbranched alkanes of at least 4 members (excludes halogenated alkanes) is 2. The van der Waals surface area contributed by atoms with Crippen LogP contribution in [0.3, 0.4) is 0 Å². The molecule has 80 heavy (non-hydrogen) atoms. The lowest BCUT2D eigenvalue weighted by Gasteiger charge is -2.50. The molecular formula is C60H102N4O16. The number of hydrogen-bond acceptors (Lipinski definition) is 16. The molecule has 458 valence electrons. The van der Waals surface area contributed by atoms with Crippen LogP contribution >= 0.6 is 0 Å². The standard InChI is InChI=1S/C60H102N4O16/c1-19-21-27-59(47(67)77-41-33-51(3,4)61(71)52(5,6)34-41,48(68)78-42-35-53(7,8)62(72)54(9,10)36-42)29-23-31-75-45(65)25-26-46(66)76-32-24-30-60(28-22-20-2,49(69)79-43-37-55(11,12)63(73)56(13,14)38-43)50(70)80-44-39-57(15,16)64(74)58(17,18)40-44/h41-44H,19-40H2,1-18H3. The third-order valence-corrected chi connectivity index (χ3v) is 17.3. The molecule has 4 radical (unpaired) electrons. The first kappa shape index (κ1) is 69.0. The van der Waals surface area contributed by atoms with Crippen molar-refractivity contribution in [3.05, 3.63) is 0 Å². The Labute approximate surface area is 478 Å². The molecule has 4 fully saturated rings. The van der Waals surface area contributed by atoms with Crippen LogP contribution in [0.25, 0.3) is 0 Å². The van der Waals surface area contributed by atoms with Gasteiger partial charge in [0.05, 0.1) is 26.1 Å². The van der Waals surface area contributed by atoms with Crippen LogP contribution in [0.2, 0.25) is 0 Å². The lowest BCUT2D eigenvalue weighted by atomic mass is 9.77. The summed E-state index contributed by atoms with van der Waals surface area (Å²) in [4.78, 5) is 85.0. The topological polar surface area (TPSA) is 250 Å². The maximum absolute atomic E-state index is 14.7. The first-order valence-electron chi connectivity index (χ1n) is 29.6. The molecule has 20 heteroatoms. The smallest absolute Gasteiger partial charge is 0.323 e. The molecule has 0 N–H and O–H groups in total. The number of carbonyl (C=O) groups excluding carboxylic acids is 6. The van der Waals surface area contributed by atoms with Crippen LogP contribution in [-0.2, 0) is 78.0 Å². The highest BCUT2D eigenvalue weighted by Gasteiger charge is 2.57. The number of ether oxygens (including phenoxy) is 6. The molecule has 0 saturated carbocycles. The van der Waals surface area contributed by atoms with Gasteiger partial charge in [-0.1, -0.05) is 39.5 Å². The maximum atomic E-state index is 14.7. The second kappa shape index (κ2) is 26.2. The van der Waals surface area contributed by atoms with Crippen molar-refractivity contribution >= 4 is 35.8 Å². The van der Waals surface area contributed by atoms with Crippen LogP contribution in [0.1, 0.15) is 253 Å². The van der Waals surface area contributed by atoms with Crippen LogP contribution in [0.5, 0.6) is 0 Å². The molecule has 0 atom stereocenters. The van der Waals surface area contributed by atoms with E-state index in [9.17, 15) is 49.6 Å². The highest BCUT2D eigenvalue weighted by atomic mass is 16.6. The summed E-state index contributed by atoms with van der Waals surface area (Å²) in [6.07, 6.45) is 0.802. The molecule has 4 aliphatic heterocycles. The zero-order valence-corrected chi connectivity index (χ0v) is 52.2. The molecule has 0 amide bonds. The Kier molecular flexibility index (Phi) is 22.6. The molecule has 0 aromatic heterocycles. The monoisotopic (exact) mass is 1130 g/mol. The number of carbonyl (C=O) groups is 6. The number of hydroxylamine groups is 8. The van der Waals surface area contributed by atoms with E-state index in [1.807, 2.05) is 13.8 Å². The minimum absolute atomic E-state index is 0.0570. The summed E-state index contributed by atoms with van der Waals surface area (Å²) in [6.45, 7) is 32.1. The normalized spacial score (nSPS) is 23.6. The molecule has 0 aromatic rings. The van der Waals surface area contributed by atoms with Crippen molar-refractivity contribution in [1.82, 2.24) is 20.3 Å². The van der Waals surface area contributed by atoms with E-state index in [1.54, 1.807) is 111 Å². The van der Waals surface area contributed by atoms with Gasteiger partial charge < -0.3 is 28.4 Å². The van der Waals surface area contributed by atoms with Gasteiger partial charge in [0.25, 0.3) is 0 Å². The van der Waals surface area contributed by atoms with Gasteiger partial charge in [-0.05, 0) is 149 Å². The highest BCUT2D eigenvalue weighted by Crippen LogP contribution is 2.46.